The van der Waals surface area contributed by atoms with Gasteiger partial charge in [0.05, 0.1) is 6.21 Å². The first-order valence-corrected chi connectivity index (χ1v) is 9.68. The fourth-order valence-electron chi connectivity index (χ4n) is 3.56. The molecule has 1 heterocycles. The summed E-state index contributed by atoms with van der Waals surface area (Å²) in [6.07, 6.45) is 1.65. The molecule has 0 spiro atoms. The molecule has 0 atom stereocenters. The van der Waals surface area contributed by atoms with Crippen molar-refractivity contribution in [2.45, 2.75) is 20.4 Å². The first kappa shape index (κ1) is 18.7. The topological polar surface area (TPSA) is 55.6 Å². The van der Waals surface area contributed by atoms with E-state index in [1.54, 1.807) is 6.21 Å². The lowest BCUT2D eigenvalue weighted by Gasteiger charge is -2.05. The van der Waals surface area contributed by atoms with Gasteiger partial charge in [0.1, 0.15) is 5.75 Å². The number of nitrogens with zero attached hydrogens (tertiary/aromatic N) is 2. The summed E-state index contributed by atoms with van der Waals surface area (Å²) in [7, 11) is 0. The minimum atomic E-state index is -0.300. The van der Waals surface area contributed by atoms with Crippen LogP contribution in [0.2, 0.25) is 0 Å². The highest BCUT2D eigenvalue weighted by atomic mass is 16.5. The van der Waals surface area contributed by atoms with Gasteiger partial charge < -0.3 is 9.30 Å². The third-order valence-electron chi connectivity index (χ3n) is 4.87. The van der Waals surface area contributed by atoms with Crippen LogP contribution in [0.4, 0.5) is 0 Å². The van der Waals surface area contributed by atoms with E-state index in [1.807, 2.05) is 37.3 Å². The Bertz CT molecular complexity index is 1210. The Morgan fingerprint density at radius 3 is 2.69 bits per heavy atom. The Morgan fingerprint density at radius 2 is 1.86 bits per heavy atom. The van der Waals surface area contributed by atoms with Crippen molar-refractivity contribution in [1.29, 1.82) is 0 Å². The van der Waals surface area contributed by atoms with Crippen LogP contribution in [0.25, 0.3) is 21.8 Å². The molecule has 5 nitrogen and oxygen atoms in total. The molecule has 0 aliphatic rings. The Kier molecular flexibility index (Phi) is 5.29. The van der Waals surface area contributed by atoms with Gasteiger partial charge in [-0.2, -0.15) is 5.10 Å². The molecule has 1 aromatic heterocycles. The van der Waals surface area contributed by atoms with E-state index in [0.717, 1.165) is 17.7 Å². The summed E-state index contributed by atoms with van der Waals surface area (Å²) in [5, 5.41) is 6.47. The van der Waals surface area contributed by atoms with Gasteiger partial charge in [0.15, 0.2) is 6.61 Å². The van der Waals surface area contributed by atoms with E-state index >= 15 is 0 Å². The first-order chi connectivity index (χ1) is 14.2. The highest BCUT2D eigenvalue weighted by molar-refractivity contribution is 6.09. The summed E-state index contributed by atoms with van der Waals surface area (Å²) in [6, 6.07) is 22.2. The first-order valence-electron chi connectivity index (χ1n) is 9.68. The molecule has 5 heteroatoms. The number of aryl methyl sites for hydroxylation is 2. The molecule has 4 rings (SSSR count). The van der Waals surface area contributed by atoms with E-state index in [2.05, 4.69) is 58.4 Å². The van der Waals surface area contributed by atoms with Crippen molar-refractivity contribution < 1.29 is 9.53 Å². The number of hydrogen-bond acceptors (Lipinski definition) is 3. The number of hydrazone groups is 1. The maximum Gasteiger partial charge on any atom is 0.277 e. The summed E-state index contributed by atoms with van der Waals surface area (Å²) in [5.74, 6) is 0.369. The van der Waals surface area contributed by atoms with Crippen LogP contribution >= 0.6 is 0 Å². The number of amides is 1. The smallest absolute Gasteiger partial charge is 0.277 e. The van der Waals surface area contributed by atoms with Crippen LogP contribution in [-0.4, -0.2) is 23.3 Å². The number of hydrogen-bond donors (Lipinski definition) is 1. The second-order valence-electron chi connectivity index (χ2n) is 6.94. The minimum absolute atomic E-state index is 0.0795. The van der Waals surface area contributed by atoms with E-state index in [0.29, 0.717) is 5.75 Å². The van der Waals surface area contributed by atoms with Crippen molar-refractivity contribution in [3.8, 4) is 5.75 Å². The molecule has 29 heavy (non-hydrogen) atoms. The van der Waals surface area contributed by atoms with Crippen molar-refractivity contribution in [3.63, 3.8) is 0 Å². The van der Waals surface area contributed by atoms with Crippen LogP contribution in [0, 0.1) is 6.92 Å². The number of ether oxygens (including phenoxy) is 1. The monoisotopic (exact) mass is 385 g/mol. The van der Waals surface area contributed by atoms with Gasteiger partial charge in [-0.3, -0.25) is 4.79 Å². The molecule has 0 bridgehead atoms. The van der Waals surface area contributed by atoms with Crippen molar-refractivity contribution in [3.05, 3.63) is 77.9 Å². The van der Waals surface area contributed by atoms with Crippen molar-refractivity contribution in [2.24, 2.45) is 5.10 Å². The summed E-state index contributed by atoms with van der Waals surface area (Å²) in [6.45, 7) is 4.96. The highest BCUT2D eigenvalue weighted by Crippen LogP contribution is 2.29. The number of carbonyl (C=O) groups is 1. The molecule has 0 aliphatic heterocycles. The maximum absolute atomic E-state index is 12.0. The Labute approximate surface area is 169 Å². The van der Waals surface area contributed by atoms with Crippen LogP contribution in [0.1, 0.15) is 18.1 Å². The zero-order valence-corrected chi connectivity index (χ0v) is 16.6. The summed E-state index contributed by atoms with van der Waals surface area (Å²) in [4.78, 5) is 12.0. The molecular formula is C24H23N3O2. The lowest BCUT2D eigenvalue weighted by molar-refractivity contribution is -0.123. The number of fused-ring (bicyclic) bond motifs is 3. The van der Waals surface area contributed by atoms with E-state index in [4.69, 9.17) is 4.74 Å². The fourth-order valence-corrected chi connectivity index (χ4v) is 3.56. The molecular weight excluding hydrogens is 362 g/mol. The van der Waals surface area contributed by atoms with E-state index in [9.17, 15) is 4.79 Å². The third-order valence-corrected chi connectivity index (χ3v) is 4.87. The number of nitrogens with one attached hydrogen (secondary N) is 1. The second-order valence-corrected chi connectivity index (χ2v) is 6.94. The molecule has 0 fully saturated rings. The third kappa shape index (κ3) is 3.99. The molecule has 0 saturated heterocycles. The summed E-state index contributed by atoms with van der Waals surface area (Å²) < 4.78 is 7.79. The number of carbonyl (C=O) groups excluding carboxylic acids is 1. The fraction of sp³-hybridized carbons (Fsp3) is 0.167. The molecule has 1 N–H and O–H groups in total. The van der Waals surface area contributed by atoms with E-state index in [-0.39, 0.29) is 12.5 Å². The second kappa shape index (κ2) is 8.19. The molecule has 0 radical (unpaired) electrons. The largest absolute Gasteiger partial charge is 0.484 e. The van der Waals surface area contributed by atoms with Crippen molar-refractivity contribution in [1.82, 2.24) is 9.99 Å². The standard InChI is InChI=1S/C24H23N3O2/c1-3-27-22-10-5-4-9-20(22)21-14-18(11-12-23(21)27)15-25-26-24(28)16-29-19-8-6-7-17(2)13-19/h4-15H,3,16H2,1-2H3,(H,26,28)/b25-15+. The van der Waals surface area contributed by atoms with Crippen LogP contribution in [0.3, 0.4) is 0 Å². The van der Waals surface area contributed by atoms with Gasteiger partial charge in [-0.25, -0.2) is 5.43 Å². The van der Waals surface area contributed by atoms with Gasteiger partial charge in [0.2, 0.25) is 0 Å². The van der Waals surface area contributed by atoms with Gasteiger partial charge in [-0.15, -0.1) is 0 Å². The predicted molar refractivity (Wildman–Crippen MR) is 118 cm³/mol. The van der Waals surface area contributed by atoms with Gasteiger partial charge in [0, 0.05) is 28.4 Å². The maximum atomic E-state index is 12.0. The van der Waals surface area contributed by atoms with E-state index < -0.39 is 0 Å². The number of rotatable bonds is 6. The van der Waals surface area contributed by atoms with Gasteiger partial charge in [-0.05, 0) is 55.3 Å². The zero-order valence-electron chi connectivity index (χ0n) is 16.6. The molecule has 0 aliphatic carbocycles. The SMILES string of the molecule is CCn1c2ccccc2c2cc(/C=N/NC(=O)COc3cccc(C)c3)ccc21. The van der Waals surface area contributed by atoms with Crippen molar-refractivity contribution in [2.75, 3.05) is 6.61 Å². The molecule has 3 aromatic carbocycles. The molecule has 4 aromatic rings. The average molecular weight is 385 g/mol. The Morgan fingerprint density at radius 1 is 1.03 bits per heavy atom. The van der Waals surface area contributed by atoms with Crippen LogP contribution in [0.15, 0.2) is 71.8 Å². The highest BCUT2D eigenvalue weighted by Gasteiger charge is 2.09. The van der Waals surface area contributed by atoms with Gasteiger partial charge in [-0.1, -0.05) is 36.4 Å². The van der Waals surface area contributed by atoms with Crippen LogP contribution < -0.4 is 10.2 Å². The van der Waals surface area contributed by atoms with Crippen LogP contribution in [0.5, 0.6) is 5.75 Å². The zero-order chi connectivity index (χ0) is 20.2. The summed E-state index contributed by atoms with van der Waals surface area (Å²) >= 11 is 0. The molecule has 0 unspecified atom stereocenters. The van der Waals surface area contributed by atoms with E-state index in [1.165, 1.54) is 21.8 Å². The quantitative estimate of drug-likeness (QED) is 0.388. The van der Waals surface area contributed by atoms with Crippen molar-refractivity contribution >= 4 is 33.9 Å². The number of para-hydroxylation sites is 1. The van der Waals surface area contributed by atoms with Gasteiger partial charge >= 0.3 is 0 Å². The van der Waals surface area contributed by atoms with Crippen LogP contribution in [-0.2, 0) is 11.3 Å². The lowest BCUT2D eigenvalue weighted by atomic mass is 10.1. The minimum Gasteiger partial charge on any atom is -0.484 e. The predicted octanol–water partition coefficient (Wildman–Crippen LogP) is 4.65. The average Bonchev–Trinajstić information content (AvgIpc) is 3.05. The number of benzene rings is 3. The lowest BCUT2D eigenvalue weighted by Crippen LogP contribution is -2.24. The number of aromatic nitrogens is 1. The van der Waals surface area contributed by atoms with Gasteiger partial charge in [0.25, 0.3) is 5.91 Å². The summed E-state index contributed by atoms with van der Waals surface area (Å²) in [5.41, 5.74) is 6.95. The molecule has 1 amide bonds. The molecule has 146 valence electrons. The Hall–Kier alpha value is -3.60. The normalized spacial score (nSPS) is 11.4. The molecule has 0 saturated carbocycles. The Balaban J connectivity index is 1.45.